The largest absolute Gasteiger partial charge is 0.481 e. The van der Waals surface area contributed by atoms with Crippen LogP contribution < -0.4 is 0 Å². The monoisotopic (exact) mass is 434 g/mol. The zero-order valence-electron chi connectivity index (χ0n) is 14.4. The van der Waals surface area contributed by atoms with Crippen molar-refractivity contribution in [3.05, 3.63) is 57.2 Å². The SMILES string of the molecule is O=C(O)CCCN1C(=S)SC(=Cc2ccc(-c3ccc([N+](=O)[O-])cc3)o2)C1=S. The van der Waals surface area contributed by atoms with E-state index in [9.17, 15) is 14.9 Å². The lowest BCUT2D eigenvalue weighted by molar-refractivity contribution is -0.384. The fraction of sp³-hybridized carbons (Fsp3) is 0.167. The van der Waals surface area contributed by atoms with Crippen molar-refractivity contribution in [1.82, 2.24) is 4.90 Å². The Morgan fingerprint density at radius 2 is 1.96 bits per heavy atom. The molecular weight excluding hydrogens is 420 g/mol. The van der Waals surface area contributed by atoms with Crippen LogP contribution in [0.5, 0.6) is 0 Å². The molecule has 1 aromatic carbocycles. The van der Waals surface area contributed by atoms with Gasteiger partial charge in [-0.15, -0.1) is 0 Å². The Morgan fingerprint density at radius 3 is 2.61 bits per heavy atom. The van der Waals surface area contributed by atoms with E-state index in [1.165, 1.54) is 23.9 Å². The zero-order valence-corrected chi connectivity index (χ0v) is 16.8. The minimum absolute atomic E-state index is 0.0156. The van der Waals surface area contributed by atoms with Crippen LogP contribution in [0.1, 0.15) is 18.6 Å². The highest BCUT2D eigenvalue weighted by atomic mass is 32.2. The Bertz CT molecular complexity index is 981. The van der Waals surface area contributed by atoms with Gasteiger partial charge in [0.2, 0.25) is 0 Å². The zero-order chi connectivity index (χ0) is 20.3. The molecule has 10 heteroatoms. The molecular formula is C18H14N2O5S3. The van der Waals surface area contributed by atoms with Gasteiger partial charge in [-0.05, 0) is 36.8 Å². The molecule has 1 aromatic heterocycles. The van der Waals surface area contributed by atoms with E-state index in [2.05, 4.69) is 0 Å². The maximum absolute atomic E-state index is 10.7. The van der Waals surface area contributed by atoms with Crippen molar-refractivity contribution >= 4 is 63.2 Å². The number of rotatable bonds is 7. The van der Waals surface area contributed by atoms with Gasteiger partial charge in [0.15, 0.2) is 0 Å². The van der Waals surface area contributed by atoms with E-state index in [0.29, 0.717) is 33.8 Å². The van der Waals surface area contributed by atoms with Gasteiger partial charge in [-0.1, -0.05) is 36.2 Å². The number of aliphatic carboxylic acids is 1. The molecule has 0 saturated carbocycles. The average Bonchev–Trinajstić information content (AvgIpc) is 3.22. The van der Waals surface area contributed by atoms with E-state index in [4.69, 9.17) is 34.0 Å². The predicted octanol–water partition coefficient (Wildman–Crippen LogP) is 4.72. The fourth-order valence-electron chi connectivity index (χ4n) is 2.54. The highest BCUT2D eigenvalue weighted by molar-refractivity contribution is 8.27. The predicted molar refractivity (Wildman–Crippen MR) is 115 cm³/mol. The van der Waals surface area contributed by atoms with Gasteiger partial charge in [0.1, 0.15) is 20.8 Å². The van der Waals surface area contributed by atoms with Gasteiger partial charge in [-0.2, -0.15) is 0 Å². The second-order valence-electron chi connectivity index (χ2n) is 5.84. The molecule has 1 N–H and O–H groups in total. The van der Waals surface area contributed by atoms with Crippen LogP contribution in [0, 0.1) is 10.1 Å². The summed E-state index contributed by atoms with van der Waals surface area (Å²) in [6.45, 7) is 0.459. The van der Waals surface area contributed by atoms with Crippen molar-refractivity contribution in [3.63, 3.8) is 0 Å². The second-order valence-corrected chi connectivity index (χ2v) is 7.90. The minimum atomic E-state index is -0.853. The first-order chi connectivity index (χ1) is 13.3. The molecule has 2 aromatic rings. The van der Waals surface area contributed by atoms with Crippen LogP contribution in [0.25, 0.3) is 17.4 Å². The maximum Gasteiger partial charge on any atom is 0.303 e. The van der Waals surface area contributed by atoms with Crippen molar-refractivity contribution in [2.24, 2.45) is 0 Å². The molecule has 1 aliphatic heterocycles. The highest BCUT2D eigenvalue weighted by Crippen LogP contribution is 2.35. The summed E-state index contributed by atoms with van der Waals surface area (Å²) in [5.74, 6) is 0.304. The van der Waals surface area contributed by atoms with Crippen LogP contribution in [0.3, 0.4) is 0 Å². The number of furan rings is 1. The molecule has 144 valence electrons. The highest BCUT2D eigenvalue weighted by Gasteiger charge is 2.28. The average molecular weight is 435 g/mol. The Hall–Kier alpha value is -2.56. The summed E-state index contributed by atoms with van der Waals surface area (Å²) in [5.41, 5.74) is 0.740. The van der Waals surface area contributed by atoms with Gasteiger partial charge >= 0.3 is 5.97 Å². The van der Waals surface area contributed by atoms with E-state index in [-0.39, 0.29) is 12.1 Å². The Balaban J connectivity index is 1.72. The number of carbonyl (C=O) groups is 1. The van der Waals surface area contributed by atoms with Crippen LogP contribution in [0.2, 0.25) is 0 Å². The fourth-order valence-corrected chi connectivity index (χ4v) is 4.33. The van der Waals surface area contributed by atoms with Crippen LogP contribution in [0.15, 0.2) is 45.7 Å². The molecule has 0 amide bonds. The van der Waals surface area contributed by atoms with Crippen LogP contribution in [-0.4, -0.2) is 36.8 Å². The first-order valence-corrected chi connectivity index (χ1v) is 9.80. The number of hydrogen-bond donors (Lipinski definition) is 1. The molecule has 0 bridgehead atoms. The molecule has 0 radical (unpaired) electrons. The molecule has 2 heterocycles. The molecule has 0 spiro atoms. The van der Waals surface area contributed by atoms with E-state index >= 15 is 0 Å². The molecule has 0 atom stereocenters. The number of carboxylic acids is 1. The number of thioether (sulfide) groups is 1. The van der Waals surface area contributed by atoms with Crippen LogP contribution >= 0.6 is 36.2 Å². The Morgan fingerprint density at radius 1 is 1.25 bits per heavy atom. The molecule has 3 rings (SSSR count). The third-order valence-corrected chi connectivity index (χ3v) is 5.87. The van der Waals surface area contributed by atoms with Gasteiger partial charge in [-0.3, -0.25) is 14.9 Å². The quantitative estimate of drug-likeness (QED) is 0.287. The summed E-state index contributed by atoms with van der Waals surface area (Å²) in [5, 5.41) is 19.5. The van der Waals surface area contributed by atoms with Crippen molar-refractivity contribution in [3.8, 4) is 11.3 Å². The van der Waals surface area contributed by atoms with Crippen LogP contribution in [-0.2, 0) is 4.79 Å². The topological polar surface area (TPSA) is 96.8 Å². The van der Waals surface area contributed by atoms with Crippen molar-refractivity contribution in [1.29, 1.82) is 0 Å². The lowest BCUT2D eigenvalue weighted by Crippen LogP contribution is -2.28. The van der Waals surface area contributed by atoms with Gasteiger partial charge in [-0.25, -0.2) is 0 Å². The van der Waals surface area contributed by atoms with Gasteiger partial charge < -0.3 is 14.4 Å². The molecule has 1 saturated heterocycles. The van der Waals surface area contributed by atoms with Gasteiger partial charge in [0, 0.05) is 30.7 Å². The number of nitrogens with zero attached hydrogens (tertiary/aromatic N) is 2. The van der Waals surface area contributed by atoms with Gasteiger partial charge in [0.05, 0.1) is 9.83 Å². The van der Waals surface area contributed by atoms with Gasteiger partial charge in [0.25, 0.3) is 5.69 Å². The van der Waals surface area contributed by atoms with Crippen molar-refractivity contribution in [2.75, 3.05) is 6.54 Å². The summed E-state index contributed by atoms with van der Waals surface area (Å²) in [6.07, 6.45) is 2.29. The smallest absolute Gasteiger partial charge is 0.303 e. The summed E-state index contributed by atoms with van der Waals surface area (Å²) >= 11 is 12.1. The number of carboxylic acid groups (broad SMARTS) is 1. The van der Waals surface area contributed by atoms with Crippen LogP contribution in [0.4, 0.5) is 5.69 Å². The van der Waals surface area contributed by atoms with E-state index in [1.54, 1.807) is 35.2 Å². The summed E-state index contributed by atoms with van der Waals surface area (Å²) in [4.78, 5) is 24.0. The summed E-state index contributed by atoms with van der Waals surface area (Å²) in [6, 6.07) is 9.66. The molecule has 0 aliphatic carbocycles. The Labute approximate surface area is 175 Å². The molecule has 7 nitrogen and oxygen atoms in total. The number of thiocarbonyl (C=S) groups is 2. The van der Waals surface area contributed by atoms with Crippen molar-refractivity contribution in [2.45, 2.75) is 12.8 Å². The molecule has 0 unspecified atom stereocenters. The summed E-state index contributed by atoms with van der Waals surface area (Å²) in [7, 11) is 0. The van der Waals surface area contributed by atoms with E-state index in [0.717, 1.165) is 10.5 Å². The minimum Gasteiger partial charge on any atom is -0.481 e. The first-order valence-electron chi connectivity index (χ1n) is 8.17. The summed E-state index contributed by atoms with van der Waals surface area (Å²) < 4.78 is 6.39. The number of nitro benzene ring substituents is 1. The van der Waals surface area contributed by atoms with E-state index < -0.39 is 10.9 Å². The molecule has 1 fully saturated rings. The number of non-ortho nitro benzene ring substituents is 1. The Kier molecular flexibility index (Phi) is 6.22. The third-order valence-electron chi connectivity index (χ3n) is 3.91. The molecule has 1 aliphatic rings. The maximum atomic E-state index is 10.7. The lowest BCUT2D eigenvalue weighted by Gasteiger charge is -2.15. The second kappa shape index (κ2) is 8.63. The van der Waals surface area contributed by atoms with E-state index in [1.807, 2.05) is 0 Å². The molecule has 28 heavy (non-hydrogen) atoms. The number of nitro groups is 1. The number of benzene rings is 1. The van der Waals surface area contributed by atoms with Crippen molar-refractivity contribution < 1.29 is 19.2 Å². The normalized spacial score (nSPS) is 15.4. The first kappa shape index (κ1) is 20.2. The standard InChI is InChI=1S/C18H14N2O5S3/c21-16(22)2-1-9-19-17(26)15(28-18(19)27)10-13-7-8-14(25-13)11-3-5-12(6-4-11)20(23)24/h3-8,10H,1-2,9H2,(H,21,22). The number of hydrogen-bond acceptors (Lipinski definition) is 7. The third kappa shape index (κ3) is 4.64. The lowest BCUT2D eigenvalue weighted by atomic mass is 10.1.